The molecule has 260 valence electrons. The van der Waals surface area contributed by atoms with E-state index in [0.717, 1.165) is 0 Å². The van der Waals surface area contributed by atoms with Crippen LogP contribution in [0, 0.1) is 0 Å². The molecular formula is C52H42N2. The summed E-state index contributed by atoms with van der Waals surface area (Å²) in [5.74, 6) is 0. The van der Waals surface area contributed by atoms with E-state index in [-0.39, 0.29) is 10.8 Å². The summed E-state index contributed by atoms with van der Waals surface area (Å²) in [5, 5.41) is 10.4. The number of para-hydroxylation sites is 1. The predicted molar refractivity (Wildman–Crippen MR) is 231 cm³/mol. The average molecular weight is 695 g/mol. The van der Waals surface area contributed by atoms with E-state index in [1.807, 2.05) is 0 Å². The van der Waals surface area contributed by atoms with Crippen molar-refractivity contribution in [3.05, 3.63) is 169 Å². The van der Waals surface area contributed by atoms with Gasteiger partial charge in [0, 0.05) is 32.9 Å². The SMILES string of the molecule is CC1(C)CCC(C)(C)c2cc3c(cc21)c1c2c4c5ccccc5ccc4n(-c4ccccc4)c2ccc1n3-c1cccc(-c2ccc3ccccc3c2)c1. The molecule has 54 heavy (non-hydrogen) atoms. The Hall–Kier alpha value is -6.12. The Morgan fingerprint density at radius 1 is 0.370 bits per heavy atom. The zero-order valence-electron chi connectivity index (χ0n) is 31.3. The number of benzene rings is 8. The summed E-state index contributed by atoms with van der Waals surface area (Å²) in [5.41, 5.74) is 13.0. The highest BCUT2D eigenvalue weighted by molar-refractivity contribution is 6.33. The third-order valence-electron chi connectivity index (χ3n) is 12.7. The third-order valence-corrected chi connectivity index (χ3v) is 12.7. The van der Waals surface area contributed by atoms with Gasteiger partial charge < -0.3 is 9.13 Å². The molecule has 2 heteroatoms. The van der Waals surface area contributed by atoms with Crippen molar-refractivity contribution in [3.63, 3.8) is 0 Å². The molecule has 0 radical (unpaired) electrons. The van der Waals surface area contributed by atoms with E-state index in [9.17, 15) is 0 Å². The van der Waals surface area contributed by atoms with Crippen LogP contribution in [0.4, 0.5) is 0 Å². The molecule has 10 aromatic rings. The Morgan fingerprint density at radius 2 is 0.926 bits per heavy atom. The molecule has 0 aliphatic heterocycles. The van der Waals surface area contributed by atoms with E-state index in [4.69, 9.17) is 0 Å². The van der Waals surface area contributed by atoms with Crippen molar-refractivity contribution in [1.82, 2.24) is 9.13 Å². The Bertz CT molecular complexity index is 3150. The molecule has 0 fully saturated rings. The third kappa shape index (κ3) is 4.46. The number of aromatic nitrogens is 2. The lowest BCUT2D eigenvalue weighted by Crippen LogP contribution is -2.33. The molecule has 0 N–H and O–H groups in total. The van der Waals surface area contributed by atoms with Gasteiger partial charge in [0.2, 0.25) is 0 Å². The van der Waals surface area contributed by atoms with Gasteiger partial charge >= 0.3 is 0 Å². The standard InChI is InChI=1S/C52H42N2/c1-51(2)27-28-52(3,4)43-32-47-41(31-42(43)51)49-45(54(47)39-19-12-16-36(30-39)37-22-21-33-13-8-9-15-35(33)29-37)25-26-46-50(49)48-40-20-11-10-14-34(40)23-24-44(48)53(46)38-17-6-5-7-18-38/h5-26,29-32H,27-28H2,1-4H3. The highest BCUT2D eigenvalue weighted by Gasteiger charge is 2.38. The maximum Gasteiger partial charge on any atom is 0.0549 e. The van der Waals surface area contributed by atoms with Crippen LogP contribution in [0.1, 0.15) is 51.7 Å². The average Bonchev–Trinajstić information content (AvgIpc) is 3.72. The minimum atomic E-state index is 0.0854. The van der Waals surface area contributed by atoms with Crippen LogP contribution in [0.25, 0.3) is 87.7 Å². The largest absolute Gasteiger partial charge is 0.309 e. The van der Waals surface area contributed by atoms with E-state index in [1.54, 1.807) is 0 Å². The molecule has 0 saturated carbocycles. The first-order valence-corrected chi connectivity index (χ1v) is 19.4. The van der Waals surface area contributed by atoms with E-state index in [0.29, 0.717) is 0 Å². The quantitative estimate of drug-likeness (QED) is 0.174. The fourth-order valence-electron chi connectivity index (χ4n) is 9.76. The summed E-state index contributed by atoms with van der Waals surface area (Å²) < 4.78 is 5.04. The fourth-order valence-corrected chi connectivity index (χ4v) is 9.76. The second-order valence-corrected chi connectivity index (χ2v) is 16.8. The molecular weight excluding hydrogens is 653 g/mol. The first kappa shape index (κ1) is 31.4. The van der Waals surface area contributed by atoms with Crippen molar-refractivity contribution in [2.24, 2.45) is 0 Å². The molecule has 1 aliphatic carbocycles. The lowest BCUT2D eigenvalue weighted by atomic mass is 9.63. The molecule has 8 aromatic carbocycles. The van der Waals surface area contributed by atoms with Crippen molar-refractivity contribution in [2.45, 2.75) is 51.4 Å². The Morgan fingerprint density at radius 3 is 1.70 bits per heavy atom. The van der Waals surface area contributed by atoms with Crippen molar-refractivity contribution < 1.29 is 0 Å². The van der Waals surface area contributed by atoms with Gasteiger partial charge in [-0.15, -0.1) is 0 Å². The molecule has 0 spiro atoms. The van der Waals surface area contributed by atoms with Crippen molar-refractivity contribution in [1.29, 1.82) is 0 Å². The predicted octanol–water partition coefficient (Wildman–Crippen LogP) is 14.2. The van der Waals surface area contributed by atoms with Gasteiger partial charge in [-0.3, -0.25) is 0 Å². The van der Waals surface area contributed by atoms with Crippen LogP contribution in [0.2, 0.25) is 0 Å². The summed E-state index contributed by atoms with van der Waals surface area (Å²) in [6.45, 7) is 9.78. The molecule has 0 bridgehead atoms. The van der Waals surface area contributed by atoms with Gasteiger partial charge in [0.25, 0.3) is 0 Å². The Balaban J connectivity index is 1.31. The lowest BCUT2D eigenvalue weighted by Gasteiger charge is -2.42. The summed E-state index contributed by atoms with van der Waals surface area (Å²) in [7, 11) is 0. The summed E-state index contributed by atoms with van der Waals surface area (Å²) >= 11 is 0. The van der Waals surface area contributed by atoms with Crippen LogP contribution in [0.5, 0.6) is 0 Å². The summed E-state index contributed by atoms with van der Waals surface area (Å²) in [6, 6.07) is 59.0. The van der Waals surface area contributed by atoms with Gasteiger partial charge in [-0.1, -0.05) is 125 Å². The normalized spacial score (nSPS) is 15.2. The van der Waals surface area contributed by atoms with E-state index >= 15 is 0 Å². The van der Waals surface area contributed by atoms with Crippen LogP contribution < -0.4 is 0 Å². The van der Waals surface area contributed by atoms with Gasteiger partial charge in [-0.05, 0) is 128 Å². The number of nitrogens with zero attached hydrogens (tertiary/aromatic N) is 2. The maximum absolute atomic E-state index is 2.59. The summed E-state index contributed by atoms with van der Waals surface area (Å²) in [4.78, 5) is 0. The molecule has 2 heterocycles. The minimum absolute atomic E-state index is 0.0854. The minimum Gasteiger partial charge on any atom is -0.309 e. The molecule has 0 amide bonds. The monoisotopic (exact) mass is 694 g/mol. The molecule has 0 saturated heterocycles. The van der Waals surface area contributed by atoms with Crippen molar-refractivity contribution in [2.75, 3.05) is 0 Å². The first-order valence-electron chi connectivity index (χ1n) is 19.4. The first-order chi connectivity index (χ1) is 26.3. The molecule has 2 nitrogen and oxygen atoms in total. The number of fused-ring (bicyclic) bond motifs is 11. The second-order valence-electron chi connectivity index (χ2n) is 16.8. The van der Waals surface area contributed by atoms with Crippen LogP contribution in [0.15, 0.2) is 158 Å². The highest BCUT2D eigenvalue weighted by atomic mass is 15.0. The lowest BCUT2D eigenvalue weighted by molar-refractivity contribution is 0.332. The molecule has 1 aliphatic rings. The zero-order chi connectivity index (χ0) is 36.3. The van der Waals surface area contributed by atoms with E-state index < -0.39 is 0 Å². The fraction of sp³-hybridized carbons (Fsp3) is 0.154. The second kappa shape index (κ2) is 11.2. The van der Waals surface area contributed by atoms with Crippen LogP contribution in [-0.2, 0) is 10.8 Å². The molecule has 0 unspecified atom stereocenters. The number of rotatable bonds is 3. The van der Waals surface area contributed by atoms with Crippen LogP contribution in [-0.4, -0.2) is 9.13 Å². The maximum atomic E-state index is 2.59. The van der Waals surface area contributed by atoms with Crippen LogP contribution >= 0.6 is 0 Å². The van der Waals surface area contributed by atoms with Gasteiger partial charge in [0.15, 0.2) is 0 Å². The molecule has 11 rings (SSSR count). The van der Waals surface area contributed by atoms with Gasteiger partial charge in [0.1, 0.15) is 0 Å². The van der Waals surface area contributed by atoms with E-state index in [1.165, 1.54) is 112 Å². The Labute approximate surface area is 315 Å². The molecule has 0 atom stereocenters. The van der Waals surface area contributed by atoms with Gasteiger partial charge in [-0.2, -0.15) is 0 Å². The zero-order valence-corrected chi connectivity index (χ0v) is 31.3. The van der Waals surface area contributed by atoms with Crippen molar-refractivity contribution >= 4 is 65.2 Å². The van der Waals surface area contributed by atoms with Crippen molar-refractivity contribution in [3.8, 4) is 22.5 Å². The number of hydrogen-bond donors (Lipinski definition) is 0. The highest BCUT2D eigenvalue weighted by Crippen LogP contribution is 2.50. The smallest absolute Gasteiger partial charge is 0.0549 e. The topological polar surface area (TPSA) is 9.86 Å². The Kier molecular flexibility index (Phi) is 6.51. The van der Waals surface area contributed by atoms with Crippen LogP contribution in [0.3, 0.4) is 0 Å². The van der Waals surface area contributed by atoms with Gasteiger partial charge in [0.05, 0.1) is 22.1 Å². The van der Waals surface area contributed by atoms with E-state index in [2.05, 4.69) is 195 Å². The molecule has 2 aromatic heterocycles. The van der Waals surface area contributed by atoms with Gasteiger partial charge in [-0.25, -0.2) is 0 Å². The summed E-state index contributed by atoms with van der Waals surface area (Å²) in [6.07, 6.45) is 2.36. The number of hydrogen-bond acceptors (Lipinski definition) is 0.